The second-order valence-electron chi connectivity index (χ2n) is 21.8. The van der Waals surface area contributed by atoms with Crippen molar-refractivity contribution in [2.75, 3.05) is 0 Å². The number of aromatic nitrogens is 22. The maximum Gasteiger partial charge on any atom is 0.250 e. The number of rotatable bonds is 4. The first-order chi connectivity index (χ1) is 40.6. The summed E-state index contributed by atoms with van der Waals surface area (Å²) in [5.74, 6) is 7.28. The Morgan fingerprint density at radius 3 is 1.23 bits per heavy atom. The van der Waals surface area contributed by atoms with Crippen LogP contribution in [0.3, 0.4) is 0 Å². The highest BCUT2D eigenvalue weighted by molar-refractivity contribution is 7.05. The Labute approximate surface area is 524 Å². The zero-order valence-electron chi connectivity index (χ0n) is 56.0. The molecule has 10 aromatic heterocycles. The highest BCUT2D eigenvalue weighted by atomic mass is 32.1. The maximum atomic E-state index is 4.62. The van der Waals surface area contributed by atoms with Gasteiger partial charge < -0.3 is 18.0 Å². The topological polar surface area (TPSA) is 365 Å². The molecule has 0 aliphatic carbocycles. The SMILES string of the molecule is CC(C)C.CC(C)C.CC(C)C.CC(C)C.CC(C)C.CC(C)C.CC(C)c1cnon1.CC(C)c1cnsn1.CC(C)c1nnno1.CC(C)c1nnns1.c1cn[nH]c1.c1cnoc1.c1cocn1.c1conn1.c1nnon1.c1nnsn1. The van der Waals surface area contributed by atoms with Crippen molar-refractivity contribution in [3.8, 4) is 0 Å². The van der Waals surface area contributed by atoms with E-state index < -0.39 is 0 Å². The van der Waals surface area contributed by atoms with E-state index in [0.29, 0.717) is 23.6 Å². The van der Waals surface area contributed by atoms with Crippen LogP contribution in [-0.4, -0.2) is 110 Å². The third-order valence-corrected chi connectivity index (χ3v) is 7.14. The Morgan fingerprint density at radius 2 is 1.07 bits per heavy atom. The predicted octanol–water partition coefficient (Wildman–Crippen LogP) is 15.7. The molecule has 0 unspecified atom stereocenters. The van der Waals surface area contributed by atoms with Crippen LogP contribution in [-0.2, 0) is 0 Å². The molecule has 0 saturated heterocycles. The molecule has 0 fully saturated rings. The van der Waals surface area contributed by atoms with Crippen molar-refractivity contribution in [1.82, 2.24) is 110 Å². The van der Waals surface area contributed by atoms with Crippen LogP contribution < -0.4 is 0 Å². The van der Waals surface area contributed by atoms with Gasteiger partial charge in [-0.3, -0.25) is 5.10 Å². The van der Waals surface area contributed by atoms with Gasteiger partial charge in [0.15, 0.2) is 19.0 Å². The number of oxazole rings is 1. The van der Waals surface area contributed by atoms with E-state index in [1.807, 2.05) is 40.0 Å². The number of nitrogens with zero attached hydrogens (tertiary/aromatic N) is 21. The molecule has 0 bridgehead atoms. The lowest BCUT2D eigenvalue weighted by atomic mass is 10.2. The summed E-state index contributed by atoms with van der Waals surface area (Å²) in [6.07, 6.45) is 20.0. The van der Waals surface area contributed by atoms with Gasteiger partial charge in [-0.1, -0.05) is 215 Å². The molecule has 10 heterocycles. The zero-order chi connectivity index (χ0) is 66.6. The average molecular weight is 1270 g/mol. The highest BCUT2D eigenvalue weighted by Gasteiger charge is 2.04. The summed E-state index contributed by atoms with van der Waals surface area (Å²) in [4.78, 5) is 3.56. The second kappa shape index (κ2) is 70.1. The van der Waals surface area contributed by atoms with Gasteiger partial charge in [0, 0.05) is 47.0 Å². The van der Waals surface area contributed by atoms with Gasteiger partial charge in [-0.2, -0.15) is 18.2 Å². The van der Waals surface area contributed by atoms with Crippen molar-refractivity contribution in [1.29, 1.82) is 0 Å². The van der Waals surface area contributed by atoms with Crippen LogP contribution in [0.1, 0.15) is 226 Å². The van der Waals surface area contributed by atoms with Gasteiger partial charge in [-0.25, -0.2) is 14.2 Å². The number of nitrogens with one attached hydrogen (secondary N) is 1. The van der Waals surface area contributed by atoms with Crippen LogP contribution in [0.4, 0.5) is 0 Å². The first-order valence-electron chi connectivity index (χ1n) is 27.9. The molecule has 31 heteroatoms. The van der Waals surface area contributed by atoms with Gasteiger partial charge in [0.25, 0.3) is 5.89 Å². The van der Waals surface area contributed by atoms with Crippen molar-refractivity contribution in [2.45, 2.75) is 204 Å². The molecule has 488 valence electrons. The minimum atomic E-state index is 0.282. The van der Waals surface area contributed by atoms with Crippen molar-refractivity contribution >= 4 is 35.0 Å². The monoisotopic (exact) mass is 1260 g/mol. The molecule has 0 amide bonds. The zero-order valence-corrected chi connectivity index (χ0v) is 58.4. The fourth-order valence-electron chi connectivity index (χ4n) is 2.49. The third kappa shape index (κ3) is 98.7. The molecule has 0 aromatic carbocycles. The highest BCUT2D eigenvalue weighted by Crippen LogP contribution is 2.12. The first-order valence-corrected chi connectivity index (χ1v) is 30.2. The average Bonchev–Trinajstić information content (AvgIpc) is 4.32. The Morgan fingerprint density at radius 1 is 0.453 bits per heavy atom. The number of hydrogen-bond donors (Lipinski definition) is 1. The molecule has 0 radical (unpaired) electrons. The second-order valence-corrected chi connectivity index (χ2v) is 23.7. The summed E-state index contributed by atoms with van der Waals surface area (Å²) < 4.78 is 44.5. The van der Waals surface area contributed by atoms with E-state index in [-0.39, 0.29) is 5.92 Å². The summed E-state index contributed by atoms with van der Waals surface area (Å²) in [5.41, 5.74) is 2.00. The molecule has 86 heavy (non-hydrogen) atoms. The lowest BCUT2D eigenvalue weighted by Crippen LogP contribution is -1.85. The molecule has 1 N–H and O–H groups in total. The smallest absolute Gasteiger partial charge is 0.250 e. The van der Waals surface area contributed by atoms with Gasteiger partial charge in [0.2, 0.25) is 0 Å². The number of hydrogen-bond acceptors (Lipinski definition) is 30. The summed E-state index contributed by atoms with van der Waals surface area (Å²) in [5, 5.41) is 54.0. The molecular weight excluding hydrogens is 1160 g/mol. The van der Waals surface area contributed by atoms with E-state index >= 15 is 0 Å². The van der Waals surface area contributed by atoms with E-state index in [0.717, 1.165) is 63.6 Å². The van der Waals surface area contributed by atoms with Crippen LogP contribution in [0.25, 0.3) is 0 Å². The van der Waals surface area contributed by atoms with Crippen LogP contribution in [0.5, 0.6) is 0 Å². The Bertz CT molecular complexity index is 1900. The van der Waals surface area contributed by atoms with Gasteiger partial charge in [-0.05, 0) is 69.1 Å². The fraction of sp³-hybridized carbons (Fsp3) is 0.655. The molecule has 0 aliphatic rings. The van der Waals surface area contributed by atoms with Gasteiger partial charge in [0.1, 0.15) is 29.5 Å². The van der Waals surface area contributed by atoms with Crippen molar-refractivity contribution in [3.63, 3.8) is 0 Å². The van der Waals surface area contributed by atoms with Crippen molar-refractivity contribution in [2.24, 2.45) is 35.5 Å². The lowest BCUT2D eigenvalue weighted by Gasteiger charge is -1.92. The summed E-state index contributed by atoms with van der Waals surface area (Å²) >= 11 is 3.73. The largest absolute Gasteiger partial charge is 0.452 e. The first kappa shape index (κ1) is 89.8. The summed E-state index contributed by atoms with van der Waals surface area (Å²) in [6, 6.07) is 3.56. The van der Waals surface area contributed by atoms with Crippen LogP contribution in [0.2, 0.25) is 0 Å². The predicted molar refractivity (Wildman–Crippen MR) is 339 cm³/mol. The van der Waals surface area contributed by atoms with Gasteiger partial charge in [-0.15, -0.1) is 15.3 Å². The lowest BCUT2D eigenvalue weighted by molar-refractivity contribution is 0.292. The quantitative estimate of drug-likeness (QED) is 0.171. The number of H-pyrrole nitrogens is 1. The Balaban J connectivity index is -0.000000200. The minimum Gasteiger partial charge on any atom is -0.452 e. The molecule has 10 rings (SSSR count). The van der Waals surface area contributed by atoms with E-state index in [9.17, 15) is 0 Å². The Kier molecular flexibility index (Phi) is 73.2. The Hall–Kier alpha value is -7.41. The molecule has 0 atom stereocenters. The van der Waals surface area contributed by atoms with Crippen molar-refractivity contribution < 1.29 is 27.2 Å². The van der Waals surface area contributed by atoms with Crippen molar-refractivity contribution in [3.05, 3.63) is 116 Å². The van der Waals surface area contributed by atoms with Gasteiger partial charge in [0.05, 0.1) is 70.7 Å². The molecular formula is C55H104N22O6S3. The molecule has 0 spiro atoms. The third-order valence-electron chi connectivity index (χ3n) is 5.40. The molecule has 0 saturated carbocycles. The maximum absolute atomic E-state index is 4.62. The van der Waals surface area contributed by atoms with Crippen LogP contribution >= 0.6 is 35.0 Å². The summed E-state index contributed by atoms with van der Waals surface area (Å²) in [6.45, 7) is 55.4. The molecule has 10 aromatic rings. The van der Waals surface area contributed by atoms with Crippen LogP contribution in [0, 0.1) is 35.5 Å². The van der Waals surface area contributed by atoms with Gasteiger partial charge >= 0.3 is 0 Å². The summed E-state index contributed by atoms with van der Waals surface area (Å²) in [7, 11) is 0. The fourth-order valence-corrected chi connectivity index (χ4v) is 3.70. The van der Waals surface area contributed by atoms with E-state index in [2.05, 4.69) is 289 Å². The minimum absolute atomic E-state index is 0.282. The normalized spacial score (nSPS) is 9.16. The molecule has 28 nitrogen and oxygen atoms in total. The van der Waals surface area contributed by atoms with E-state index in [4.69, 9.17) is 0 Å². The molecule has 0 aliphatic heterocycles. The van der Waals surface area contributed by atoms with Crippen LogP contribution in [0.15, 0.2) is 121 Å². The number of aromatic amines is 1. The standard InChI is InChI=1S/C5H8N2O.C5H8N2S.C4H7N3O.C4H7N3S.6C4H10.C3H4N2.2C3H3NO.C2H2N2O.CHN3O.CHN3S/c2*1-4(2)5-3-6-8-7-5;2*1-3(2)4-5-6-7-8-4;6*1-4(2)3;1-2-4-5-3-1;1-2-5-3-4-1;1-2-4-5-3-1;1-2-5-4-3-1;2*1-2-4-5-3-1/h2*3-4H,1-2H3;2*3H,1-2H3;6*4H,1-3H3;1-3H,(H,4,5);2*1-3H;1-2H;2*1H. The van der Waals surface area contributed by atoms with E-state index in [1.54, 1.807) is 37.1 Å². The van der Waals surface area contributed by atoms with E-state index in [1.165, 1.54) is 67.3 Å².